The lowest BCUT2D eigenvalue weighted by molar-refractivity contribution is 0.122. The number of hydrogen-bond acceptors (Lipinski definition) is 16. The molecule has 0 bridgehead atoms. The van der Waals surface area contributed by atoms with Crippen LogP contribution in [0.5, 0.6) is 11.6 Å². The van der Waals surface area contributed by atoms with Crippen LogP contribution in [0.1, 0.15) is 12.8 Å². The number of nitrogen functional groups attached to an aromatic ring is 1. The number of nitrogens with two attached hydrogens (primary N) is 1. The van der Waals surface area contributed by atoms with Gasteiger partial charge in [-0.2, -0.15) is 0 Å². The third-order valence-electron chi connectivity index (χ3n) is 10.9. The molecule has 0 atom stereocenters. The Morgan fingerprint density at radius 3 is 2.19 bits per heavy atom. The maximum atomic E-state index is 13.2. The Bertz CT molecular complexity index is 3130. The van der Waals surface area contributed by atoms with Gasteiger partial charge in [0.15, 0.2) is 9.84 Å². The van der Waals surface area contributed by atoms with E-state index in [1.54, 1.807) is 36.9 Å². The van der Waals surface area contributed by atoms with Crippen molar-refractivity contribution in [3.63, 3.8) is 0 Å². The van der Waals surface area contributed by atoms with Crippen LogP contribution in [0.15, 0.2) is 109 Å². The van der Waals surface area contributed by atoms with Crippen LogP contribution in [-0.2, 0) is 24.6 Å². The first-order valence-corrected chi connectivity index (χ1v) is 23.6. The molecule has 19 heteroatoms. The fourth-order valence-electron chi connectivity index (χ4n) is 7.64. The van der Waals surface area contributed by atoms with Gasteiger partial charge in [-0.05, 0) is 73.0 Å². The first-order chi connectivity index (χ1) is 30.9. The standard InChI is InChI=1S/C45H42N10O7S2/c1-60-29-22-34(43(51-25-29)35-23-31(63(3,56)57)26-52-41(35)28-20-37(45(61-2)53-24-28)54-64(58,59)30-7-8-30)40-33(11-15-50-44(40)46)39-32(36-6-4-5-12-47-36)10-14-49-42(39)27-9-13-48-38(21-27)55-16-18-62-19-17-55/h4-6,9-15,20-26,30,54H,7-8,16-19H2,1-3H3,(H2,46,50). The summed E-state index contributed by atoms with van der Waals surface area (Å²) in [6.45, 7) is 2.53. The Hall–Kier alpha value is -7.09. The summed E-state index contributed by atoms with van der Waals surface area (Å²) >= 11 is 0. The van der Waals surface area contributed by atoms with E-state index in [0.29, 0.717) is 84.1 Å². The van der Waals surface area contributed by atoms with Gasteiger partial charge < -0.3 is 24.8 Å². The van der Waals surface area contributed by atoms with Crippen molar-refractivity contribution in [3.05, 3.63) is 104 Å². The van der Waals surface area contributed by atoms with Gasteiger partial charge in [0.25, 0.3) is 0 Å². The Morgan fingerprint density at radius 1 is 0.688 bits per heavy atom. The van der Waals surface area contributed by atoms with E-state index in [-0.39, 0.29) is 39.2 Å². The number of nitrogens with zero attached hydrogens (tertiary/aromatic N) is 8. The molecule has 0 amide bonds. The molecule has 0 spiro atoms. The third kappa shape index (κ3) is 8.39. The van der Waals surface area contributed by atoms with Crippen LogP contribution in [0.3, 0.4) is 0 Å². The van der Waals surface area contributed by atoms with Gasteiger partial charge in [-0.15, -0.1) is 0 Å². The van der Waals surface area contributed by atoms with E-state index in [0.717, 1.165) is 23.2 Å². The number of methoxy groups -OCH3 is 2. The highest BCUT2D eigenvalue weighted by atomic mass is 32.2. The number of ether oxygens (including phenoxy) is 3. The van der Waals surface area contributed by atoms with Gasteiger partial charge in [-0.1, -0.05) is 6.07 Å². The monoisotopic (exact) mass is 898 g/mol. The minimum Gasteiger partial charge on any atom is -0.495 e. The van der Waals surface area contributed by atoms with Gasteiger partial charge in [0.05, 0.1) is 66.6 Å². The van der Waals surface area contributed by atoms with E-state index < -0.39 is 25.1 Å². The van der Waals surface area contributed by atoms with Crippen LogP contribution in [-0.4, -0.2) is 104 Å². The highest BCUT2D eigenvalue weighted by molar-refractivity contribution is 7.93. The number of sulfonamides is 1. The van der Waals surface area contributed by atoms with Gasteiger partial charge in [-0.3, -0.25) is 24.7 Å². The first kappa shape index (κ1) is 42.2. The molecule has 1 saturated carbocycles. The van der Waals surface area contributed by atoms with E-state index in [1.165, 1.54) is 38.9 Å². The highest BCUT2D eigenvalue weighted by Crippen LogP contribution is 2.48. The number of morpholine rings is 1. The summed E-state index contributed by atoms with van der Waals surface area (Å²) in [5, 5.41) is -0.530. The SMILES string of the molecule is COc1cnc(-c2cc(S(C)(=O)=O)cnc2-c2cnc(OC)c(NS(=O)(=O)C3CC3)c2)c(-c2c(-c3c(-c4ccccn4)ccnc3-c3ccnc(N4CCOCC4)c3)ccnc2N)c1. The topological polar surface area (TPSA) is 227 Å². The molecule has 326 valence electrons. The van der Waals surface area contributed by atoms with E-state index in [4.69, 9.17) is 39.9 Å². The number of sulfone groups is 1. The Balaban J connectivity index is 1.30. The van der Waals surface area contributed by atoms with Crippen molar-refractivity contribution in [3.8, 4) is 78.9 Å². The van der Waals surface area contributed by atoms with Gasteiger partial charge in [0.1, 0.15) is 23.1 Å². The molecule has 0 radical (unpaired) electrons. The zero-order valence-corrected chi connectivity index (χ0v) is 36.6. The molecule has 1 aliphatic heterocycles. The number of hydrogen-bond donors (Lipinski definition) is 2. The average molecular weight is 899 g/mol. The third-order valence-corrected chi connectivity index (χ3v) is 13.9. The molecular weight excluding hydrogens is 857 g/mol. The van der Waals surface area contributed by atoms with Gasteiger partial charge in [-0.25, -0.2) is 31.8 Å². The van der Waals surface area contributed by atoms with Crippen LogP contribution < -0.4 is 24.8 Å². The van der Waals surface area contributed by atoms with Crippen molar-refractivity contribution in [1.29, 1.82) is 0 Å². The van der Waals surface area contributed by atoms with Crippen molar-refractivity contribution in [1.82, 2.24) is 34.9 Å². The summed E-state index contributed by atoms with van der Waals surface area (Å²) in [6, 6.07) is 18.0. The zero-order chi connectivity index (χ0) is 44.6. The summed E-state index contributed by atoms with van der Waals surface area (Å²) in [7, 11) is -4.67. The normalized spacial score (nSPS) is 14.3. The molecule has 8 heterocycles. The molecule has 3 N–H and O–H groups in total. The summed E-state index contributed by atoms with van der Waals surface area (Å²) in [4.78, 5) is 35.1. The van der Waals surface area contributed by atoms with Crippen molar-refractivity contribution in [2.45, 2.75) is 23.0 Å². The lowest BCUT2D eigenvalue weighted by Crippen LogP contribution is -2.36. The number of nitrogens with one attached hydrogen (secondary N) is 1. The molecule has 64 heavy (non-hydrogen) atoms. The van der Waals surface area contributed by atoms with E-state index in [9.17, 15) is 16.8 Å². The van der Waals surface area contributed by atoms with E-state index >= 15 is 0 Å². The molecule has 2 aliphatic rings. The second-order valence-corrected chi connectivity index (χ2v) is 19.1. The lowest BCUT2D eigenvalue weighted by Gasteiger charge is -2.28. The molecule has 7 aromatic rings. The molecule has 9 rings (SSSR count). The second-order valence-electron chi connectivity index (χ2n) is 15.2. The second kappa shape index (κ2) is 17.2. The predicted molar refractivity (Wildman–Crippen MR) is 243 cm³/mol. The Labute approximate surface area is 369 Å². The molecule has 0 unspecified atom stereocenters. The van der Waals surface area contributed by atoms with Crippen molar-refractivity contribution in [2.24, 2.45) is 0 Å². The molecule has 1 saturated heterocycles. The Kier molecular flexibility index (Phi) is 11.4. The van der Waals surface area contributed by atoms with Gasteiger partial charge >= 0.3 is 0 Å². The fourth-order valence-corrected chi connectivity index (χ4v) is 9.60. The largest absolute Gasteiger partial charge is 0.495 e. The Morgan fingerprint density at radius 2 is 1.45 bits per heavy atom. The molecule has 2 fully saturated rings. The number of pyridine rings is 7. The maximum absolute atomic E-state index is 13.2. The lowest BCUT2D eigenvalue weighted by atomic mass is 9.87. The quantitative estimate of drug-likeness (QED) is 0.131. The van der Waals surface area contributed by atoms with Crippen LogP contribution in [0, 0.1) is 0 Å². The summed E-state index contributed by atoms with van der Waals surface area (Å²) in [5.74, 6) is 1.30. The van der Waals surface area contributed by atoms with Gasteiger partial charge in [0, 0.05) is 95.5 Å². The van der Waals surface area contributed by atoms with Crippen LogP contribution in [0.4, 0.5) is 17.3 Å². The zero-order valence-electron chi connectivity index (χ0n) is 35.0. The summed E-state index contributed by atoms with van der Waals surface area (Å²) in [5.41, 5.74) is 13.1. The number of aromatic nitrogens is 7. The predicted octanol–water partition coefficient (Wildman–Crippen LogP) is 6.20. The van der Waals surface area contributed by atoms with Gasteiger partial charge in [0.2, 0.25) is 15.9 Å². The van der Waals surface area contributed by atoms with Crippen LogP contribution in [0.25, 0.3) is 67.3 Å². The average Bonchev–Trinajstić information content (AvgIpc) is 4.18. The van der Waals surface area contributed by atoms with E-state index in [1.807, 2.05) is 42.5 Å². The summed E-state index contributed by atoms with van der Waals surface area (Å²) < 4.78 is 72.1. The maximum Gasteiger partial charge on any atom is 0.238 e. The van der Waals surface area contributed by atoms with Crippen LogP contribution >= 0.6 is 0 Å². The van der Waals surface area contributed by atoms with Crippen LogP contribution in [0.2, 0.25) is 0 Å². The van der Waals surface area contributed by atoms with Crippen molar-refractivity contribution < 1.29 is 31.0 Å². The minimum atomic E-state index is -3.82. The smallest absolute Gasteiger partial charge is 0.238 e. The molecule has 1 aliphatic carbocycles. The number of rotatable bonds is 13. The molecular formula is C45H42N10O7S2. The van der Waals surface area contributed by atoms with Crippen molar-refractivity contribution >= 4 is 37.2 Å². The molecule has 0 aromatic carbocycles. The fraction of sp³-hybridized carbons (Fsp3) is 0.222. The minimum absolute atomic E-state index is 0.0422. The van der Waals surface area contributed by atoms with Crippen molar-refractivity contribution in [2.75, 3.05) is 62.1 Å². The highest BCUT2D eigenvalue weighted by Gasteiger charge is 2.36. The summed E-state index contributed by atoms with van der Waals surface area (Å²) in [6.07, 6.45) is 13.2. The number of anilines is 3. The molecule has 7 aromatic heterocycles. The van der Waals surface area contributed by atoms with E-state index in [2.05, 4.69) is 24.6 Å². The molecule has 17 nitrogen and oxygen atoms in total. The first-order valence-electron chi connectivity index (χ1n) is 20.2.